The fourth-order valence-corrected chi connectivity index (χ4v) is 1.67. The van der Waals surface area contributed by atoms with Gasteiger partial charge in [-0.15, -0.1) is 0 Å². The number of halogens is 1. The number of primary amides is 1. The van der Waals surface area contributed by atoms with Crippen LogP contribution in [0.15, 0.2) is 24.3 Å². The fourth-order valence-electron chi connectivity index (χ4n) is 1.67. The van der Waals surface area contributed by atoms with Gasteiger partial charge in [-0.05, 0) is 17.7 Å². The maximum atomic E-state index is 12.7. The molecule has 1 heterocycles. The zero-order chi connectivity index (χ0) is 10.8. The topological polar surface area (TPSA) is 55.6 Å². The number of hydrogen-bond donors (Lipinski definition) is 1. The van der Waals surface area contributed by atoms with Gasteiger partial charge >= 0.3 is 6.03 Å². The van der Waals surface area contributed by atoms with Crippen LogP contribution in [0.3, 0.4) is 0 Å². The summed E-state index contributed by atoms with van der Waals surface area (Å²) in [7, 11) is 0. The summed E-state index contributed by atoms with van der Waals surface area (Å²) < 4.78 is 12.7. The standard InChI is InChI=1S/C10H11FN2O2/c11-8-3-1-7(2-4-8)9-5-6-15-13(9)10(12)14/h1-4,9H,5-6H2,(H2,12,14). The SMILES string of the molecule is NC(=O)N1OCCC1c1ccc(F)cc1. The molecule has 1 atom stereocenters. The lowest BCUT2D eigenvalue weighted by Gasteiger charge is -2.20. The zero-order valence-corrected chi connectivity index (χ0v) is 8.02. The van der Waals surface area contributed by atoms with Gasteiger partial charge in [-0.2, -0.15) is 5.06 Å². The van der Waals surface area contributed by atoms with Gasteiger partial charge in [-0.1, -0.05) is 12.1 Å². The number of rotatable bonds is 1. The Morgan fingerprint density at radius 1 is 1.47 bits per heavy atom. The first kappa shape index (κ1) is 9.92. The third-order valence-corrected chi connectivity index (χ3v) is 2.38. The highest BCUT2D eigenvalue weighted by molar-refractivity contribution is 5.71. The Balaban J connectivity index is 2.22. The third-order valence-electron chi connectivity index (χ3n) is 2.38. The maximum absolute atomic E-state index is 12.7. The van der Waals surface area contributed by atoms with Gasteiger partial charge in [0.15, 0.2) is 0 Å². The van der Waals surface area contributed by atoms with E-state index >= 15 is 0 Å². The molecule has 0 bridgehead atoms. The largest absolute Gasteiger partial charge is 0.350 e. The molecule has 2 amide bonds. The third kappa shape index (κ3) is 1.92. The van der Waals surface area contributed by atoms with Crippen LogP contribution in [0.4, 0.5) is 9.18 Å². The molecule has 2 N–H and O–H groups in total. The van der Waals surface area contributed by atoms with Gasteiger partial charge < -0.3 is 5.73 Å². The first-order chi connectivity index (χ1) is 7.18. The molecule has 1 aliphatic heterocycles. The maximum Gasteiger partial charge on any atom is 0.339 e. The molecule has 1 unspecified atom stereocenters. The second-order valence-corrected chi connectivity index (χ2v) is 3.35. The van der Waals surface area contributed by atoms with Crippen LogP contribution >= 0.6 is 0 Å². The Morgan fingerprint density at radius 3 is 2.73 bits per heavy atom. The quantitative estimate of drug-likeness (QED) is 0.765. The lowest BCUT2D eigenvalue weighted by Crippen LogP contribution is -2.34. The molecule has 0 spiro atoms. The molecule has 1 saturated heterocycles. The minimum absolute atomic E-state index is 0.205. The van der Waals surface area contributed by atoms with Crippen molar-refractivity contribution in [2.45, 2.75) is 12.5 Å². The van der Waals surface area contributed by atoms with Crippen LogP contribution in [-0.2, 0) is 4.84 Å². The Bertz CT molecular complexity index is 366. The zero-order valence-electron chi connectivity index (χ0n) is 8.02. The average Bonchev–Trinajstić information content (AvgIpc) is 2.67. The second-order valence-electron chi connectivity index (χ2n) is 3.35. The van der Waals surface area contributed by atoms with E-state index in [0.29, 0.717) is 13.0 Å². The molecule has 0 radical (unpaired) electrons. The van der Waals surface area contributed by atoms with E-state index in [0.717, 1.165) is 10.6 Å². The first-order valence-electron chi connectivity index (χ1n) is 4.65. The van der Waals surface area contributed by atoms with E-state index < -0.39 is 6.03 Å². The van der Waals surface area contributed by atoms with E-state index in [9.17, 15) is 9.18 Å². The lowest BCUT2D eigenvalue weighted by molar-refractivity contribution is -0.0846. The predicted molar refractivity (Wildman–Crippen MR) is 51.1 cm³/mol. The summed E-state index contributed by atoms with van der Waals surface area (Å²) in [4.78, 5) is 16.1. The first-order valence-corrected chi connectivity index (χ1v) is 4.65. The van der Waals surface area contributed by atoms with Crippen LogP contribution in [0, 0.1) is 5.82 Å². The summed E-state index contributed by atoms with van der Waals surface area (Å²) >= 11 is 0. The van der Waals surface area contributed by atoms with Gasteiger partial charge in [0.05, 0.1) is 12.6 Å². The highest BCUT2D eigenvalue weighted by atomic mass is 19.1. The van der Waals surface area contributed by atoms with E-state index in [1.54, 1.807) is 12.1 Å². The smallest absolute Gasteiger partial charge is 0.339 e. The average molecular weight is 210 g/mol. The number of amides is 2. The van der Waals surface area contributed by atoms with E-state index in [1.165, 1.54) is 12.1 Å². The fraction of sp³-hybridized carbons (Fsp3) is 0.300. The van der Waals surface area contributed by atoms with Crippen molar-refractivity contribution >= 4 is 6.03 Å². The van der Waals surface area contributed by atoms with Crippen molar-refractivity contribution in [3.05, 3.63) is 35.6 Å². The molecule has 1 aromatic carbocycles. The Labute approximate surface area is 86.4 Å². The summed E-state index contributed by atoms with van der Waals surface area (Å²) in [6.45, 7) is 0.449. The van der Waals surface area contributed by atoms with Crippen molar-refractivity contribution in [1.29, 1.82) is 0 Å². The van der Waals surface area contributed by atoms with Gasteiger partial charge in [0.1, 0.15) is 5.82 Å². The minimum Gasteiger partial charge on any atom is -0.350 e. The predicted octanol–water partition coefficient (Wildman–Crippen LogP) is 1.58. The number of nitrogens with zero attached hydrogens (tertiary/aromatic N) is 1. The second kappa shape index (κ2) is 3.86. The van der Waals surface area contributed by atoms with Gasteiger partial charge in [0.25, 0.3) is 0 Å². The lowest BCUT2D eigenvalue weighted by atomic mass is 10.1. The van der Waals surface area contributed by atoms with E-state index in [2.05, 4.69) is 0 Å². The number of hydroxylamine groups is 2. The summed E-state index contributed by atoms with van der Waals surface area (Å²) in [5.41, 5.74) is 5.97. The monoisotopic (exact) mass is 210 g/mol. The van der Waals surface area contributed by atoms with E-state index in [4.69, 9.17) is 10.6 Å². The molecule has 1 aliphatic rings. The van der Waals surface area contributed by atoms with E-state index in [-0.39, 0.29) is 11.9 Å². The Kier molecular flexibility index (Phi) is 2.55. The van der Waals surface area contributed by atoms with Crippen LogP contribution in [0.5, 0.6) is 0 Å². The van der Waals surface area contributed by atoms with Gasteiger partial charge in [0, 0.05) is 6.42 Å². The molecule has 0 aromatic heterocycles. The van der Waals surface area contributed by atoms with Crippen molar-refractivity contribution < 1.29 is 14.0 Å². The normalized spacial score (nSPS) is 20.6. The highest BCUT2D eigenvalue weighted by Crippen LogP contribution is 2.29. The molecule has 0 saturated carbocycles. The minimum atomic E-state index is -0.623. The number of hydrogen-bond acceptors (Lipinski definition) is 2. The van der Waals surface area contributed by atoms with Crippen molar-refractivity contribution in [2.75, 3.05) is 6.61 Å². The van der Waals surface area contributed by atoms with Crippen LogP contribution in [0.1, 0.15) is 18.0 Å². The Morgan fingerprint density at radius 2 is 2.13 bits per heavy atom. The highest BCUT2D eigenvalue weighted by Gasteiger charge is 2.30. The number of benzene rings is 1. The summed E-state index contributed by atoms with van der Waals surface area (Å²) in [5, 5.41) is 1.13. The molecule has 5 heteroatoms. The Hall–Kier alpha value is -1.62. The number of urea groups is 1. The van der Waals surface area contributed by atoms with Crippen LogP contribution in [-0.4, -0.2) is 17.7 Å². The van der Waals surface area contributed by atoms with Crippen molar-refractivity contribution in [3.8, 4) is 0 Å². The van der Waals surface area contributed by atoms with Gasteiger partial charge in [0.2, 0.25) is 0 Å². The molecule has 1 aromatic rings. The van der Waals surface area contributed by atoms with E-state index in [1.807, 2.05) is 0 Å². The molecule has 0 aliphatic carbocycles. The summed E-state index contributed by atoms with van der Waals surface area (Å²) in [5.74, 6) is -0.303. The molecule has 2 rings (SSSR count). The summed E-state index contributed by atoms with van der Waals surface area (Å²) in [6, 6.07) is 5.14. The number of carbonyl (C=O) groups is 1. The van der Waals surface area contributed by atoms with Gasteiger partial charge in [-0.3, -0.25) is 4.84 Å². The number of nitrogens with two attached hydrogens (primary N) is 1. The molecule has 1 fully saturated rings. The van der Waals surface area contributed by atoms with Crippen molar-refractivity contribution in [1.82, 2.24) is 5.06 Å². The molecular formula is C10H11FN2O2. The molecular weight excluding hydrogens is 199 g/mol. The van der Waals surface area contributed by atoms with Crippen LogP contribution < -0.4 is 5.73 Å². The number of carbonyl (C=O) groups excluding carboxylic acids is 1. The van der Waals surface area contributed by atoms with Crippen molar-refractivity contribution in [2.24, 2.45) is 5.73 Å². The van der Waals surface area contributed by atoms with Crippen molar-refractivity contribution in [3.63, 3.8) is 0 Å². The molecule has 4 nitrogen and oxygen atoms in total. The van der Waals surface area contributed by atoms with Crippen LogP contribution in [0.25, 0.3) is 0 Å². The van der Waals surface area contributed by atoms with Crippen LogP contribution in [0.2, 0.25) is 0 Å². The molecule has 80 valence electrons. The van der Waals surface area contributed by atoms with Gasteiger partial charge in [-0.25, -0.2) is 9.18 Å². The summed E-state index contributed by atoms with van der Waals surface area (Å²) in [6.07, 6.45) is 0.675. The molecule has 15 heavy (non-hydrogen) atoms.